The van der Waals surface area contributed by atoms with E-state index in [2.05, 4.69) is 20.5 Å². The van der Waals surface area contributed by atoms with Gasteiger partial charge in [-0.3, -0.25) is 14.7 Å². The van der Waals surface area contributed by atoms with Gasteiger partial charge in [0.2, 0.25) is 11.8 Å². The summed E-state index contributed by atoms with van der Waals surface area (Å²) in [6, 6.07) is 0. The van der Waals surface area contributed by atoms with Crippen LogP contribution < -0.4 is 11.1 Å². The molecule has 0 aliphatic rings. The monoisotopic (exact) mass is 243 g/mol. The summed E-state index contributed by atoms with van der Waals surface area (Å²) in [6.45, 7) is 0.0578. The van der Waals surface area contributed by atoms with Crippen LogP contribution in [0.4, 0.5) is 5.95 Å². The lowest BCUT2D eigenvalue weighted by Gasteiger charge is -2.12. The Kier molecular flexibility index (Phi) is 4.40. The van der Waals surface area contributed by atoms with Crippen molar-refractivity contribution in [1.29, 1.82) is 0 Å². The Morgan fingerprint density at radius 1 is 1.65 bits per heavy atom. The van der Waals surface area contributed by atoms with E-state index in [9.17, 15) is 9.59 Å². The second kappa shape index (κ2) is 5.80. The van der Waals surface area contributed by atoms with Gasteiger partial charge in [-0.2, -0.15) is 4.98 Å². The molecule has 0 radical (unpaired) electrons. The van der Waals surface area contributed by atoms with E-state index >= 15 is 0 Å². The summed E-state index contributed by atoms with van der Waals surface area (Å²) in [5.41, 5.74) is 5.23. The van der Waals surface area contributed by atoms with Crippen molar-refractivity contribution in [3.63, 3.8) is 0 Å². The molecule has 0 fully saturated rings. The lowest BCUT2D eigenvalue weighted by molar-refractivity contribution is -0.139. The van der Waals surface area contributed by atoms with E-state index in [4.69, 9.17) is 15.6 Å². The highest BCUT2D eigenvalue weighted by atomic mass is 16.5. The first kappa shape index (κ1) is 12.9. The largest absolute Gasteiger partial charge is 0.481 e. The number of hydrogen-bond donors (Lipinski definition) is 4. The molecule has 1 unspecified atom stereocenters. The van der Waals surface area contributed by atoms with Gasteiger partial charge in [0.1, 0.15) is 0 Å². The highest BCUT2D eigenvalue weighted by Gasteiger charge is 2.16. The number of nitrogens with zero attached hydrogens (tertiary/aromatic N) is 2. The maximum Gasteiger partial charge on any atom is 0.306 e. The molecule has 0 aliphatic carbocycles. The Balaban J connectivity index is 2.44. The molecule has 0 saturated heterocycles. The smallest absolute Gasteiger partial charge is 0.306 e. The Morgan fingerprint density at radius 2 is 2.35 bits per heavy atom. The molecule has 0 aromatic carbocycles. The van der Waals surface area contributed by atoms with Gasteiger partial charge in [0.15, 0.2) is 0 Å². The van der Waals surface area contributed by atoms with Crippen molar-refractivity contribution in [2.45, 2.75) is 12.5 Å². The predicted molar refractivity (Wildman–Crippen MR) is 56.2 cm³/mol. The fourth-order valence-electron chi connectivity index (χ4n) is 1.10. The Hall–Kier alpha value is -2.16. The van der Waals surface area contributed by atoms with Crippen LogP contribution in [0.15, 0.2) is 0 Å². The zero-order valence-corrected chi connectivity index (χ0v) is 9.14. The summed E-state index contributed by atoms with van der Waals surface area (Å²) >= 11 is 0. The molecule has 9 heteroatoms. The Bertz CT molecular complexity index is 404. The number of carbonyl (C=O) groups is 2. The van der Waals surface area contributed by atoms with Crippen LogP contribution in [0, 0.1) is 0 Å². The Morgan fingerprint density at radius 3 is 2.82 bits per heavy atom. The van der Waals surface area contributed by atoms with Crippen molar-refractivity contribution in [3.05, 3.63) is 5.82 Å². The number of nitrogen functional groups attached to an aromatic ring is 1. The number of aromatic nitrogens is 3. The molecule has 0 bridgehead atoms. The second-order valence-electron chi connectivity index (χ2n) is 3.21. The van der Waals surface area contributed by atoms with Crippen LogP contribution in [0.1, 0.15) is 17.0 Å². The third-order valence-corrected chi connectivity index (χ3v) is 1.94. The van der Waals surface area contributed by atoms with Crippen molar-refractivity contribution in [2.75, 3.05) is 19.4 Å². The van der Waals surface area contributed by atoms with Crippen LogP contribution in [0.2, 0.25) is 0 Å². The SMILES string of the molecule is COC(CNC(=O)c1nc(N)n[nH]1)CC(=O)O. The molecule has 0 spiro atoms. The number of hydrogen-bond acceptors (Lipinski definition) is 6. The summed E-state index contributed by atoms with van der Waals surface area (Å²) < 4.78 is 4.89. The number of methoxy groups -OCH3 is 1. The van der Waals surface area contributed by atoms with Crippen molar-refractivity contribution >= 4 is 17.8 Å². The van der Waals surface area contributed by atoms with E-state index in [1.54, 1.807) is 0 Å². The van der Waals surface area contributed by atoms with E-state index in [0.717, 1.165) is 0 Å². The quantitative estimate of drug-likeness (QED) is 0.481. The molecule has 94 valence electrons. The summed E-state index contributed by atoms with van der Waals surface area (Å²) in [5, 5.41) is 16.8. The van der Waals surface area contributed by atoms with Gasteiger partial charge >= 0.3 is 5.97 Å². The average Bonchev–Trinajstić information content (AvgIpc) is 2.70. The number of ether oxygens (including phenoxy) is 1. The summed E-state index contributed by atoms with van der Waals surface area (Å²) in [4.78, 5) is 25.5. The van der Waals surface area contributed by atoms with Crippen molar-refractivity contribution in [2.24, 2.45) is 0 Å². The lowest BCUT2D eigenvalue weighted by Crippen LogP contribution is -2.35. The van der Waals surface area contributed by atoms with E-state index < -0.39 is 18.0 Å². The number of carboxylic acids is 1. The average molecular weight is 243 g/mol. The molecule has 1 amide bonds. The molecular formula is C8H13N5O4. The third-order valence-electron chi connectivity index (χ3n) is 1.94. The van der Waals surface area contributed by atoms with E-state index in [1.165, 1.54) is 7.11 Å². The summed E-state index contributed by atoms with van der Waals surface area (Å²) in [7, 11) is 1.37. The van der Waals surface area contributed by atoms with Crippen LogP contribution >= 0.6 is 0 Å². The first-order valence-electron chi connectivity index (χ1n) is 4.73. The molecule has 1 rings (SSSR count). The van der Waals surface area contributed by atoms with Crippen LogP contribution in [0.3, 0.4) is 0 Å². The van der Waals surface area contributed by atoms with Crippen molar-refractivity contribution in [3.8, 4) is 0 Å². The topological polar surface area (TPSA) is 143 Å². The minimum Gasteiger partial charge on any atom is -0.481 e. The van der Waals surface area contributed by atoms with Gasteiger partial charge in [-0.05, 0) is 0 Å². The molecule has 1 aromatic rings. The van der Waals surface area contributed by atoms with Crippen LogP contribution in [0.5, 0.6) is 0 Å². The number of aromatic amines is 1. The second-order valence-corrected chi connectivity index (χ2v) is 3.21. The molecule has 0 aliphatic heterocycles. The van der Waals surface area contributed by atoms with Gasteiger partial charge in [-0.15, -0.1) is 5.10 Å². The number of H-pyrrole nitrogens is 1. The fourth-order valence-corrected chi connectivity index (χ4v) is 1.10. The van der Waals surface area contributed by atoms with Gasteiger partial charge in [0.25, 0.3) is 5.91 Å². The molecule has 17 heavy (non-hydrogen) atoms. The first-order valence-corrected chi connectivity index (χ1v) is 4.73. The molecule has 0 saturated carbocycles. The highest BCUT2D eigenvalue weighted by molar-refractivity contribution is 5.90. The van der Waals surface area contributed by atoms with E-state index in [-0.39, 0.29) is 24.7 Å². The summed E-state index contributed by atoms with van der Waals surface area (Å²) in [5.74, 6) is -1.60. The highest BCUT2D eigenvalue weighted by Crippen LogP contribution is 1.97. The van der Waals surface area contributed by atoms with Gasteiger partial charge in [0.05, 0.1) is 12.5 Å². The number of anilines is 1. The number of amides is 1. The molecule has 1 aromatic heterocycles. The zero-order chi connectivity index (χ0) is 12.8. The molecule has 5 N–H and O–H groups in total. The van der Waals surface area contributed by atoms with Crippen LogP contribution in [0.25, 0.3) is 0 Å². The molecule has 1 atom stereocenters. The van der Waals surface area contributed by atoms with E-state index in [0.29, 0.717) is 0 Å². The molecular weight excluding hydrogens is 230 g/mol. The first-order chi connectivity index (χ1) is 8.02. The minimum atomic E-state index is -1.00. The summed E-state index contributed by atoms with van der Waals surface area (Å²) in [6.07, 6.45) is -0.799. The number of nitrogens with two attached hydrogens (primary N) is 1. The minimum absolute atomic E-state index is 0.0346. The molecule has 1 heterocycles. The van der Waals surface area contributed by atoms with Crippen LogP contribution in [-0.4, -0.2) is 51.9 Å². The molecule has 9 nitrogen and oxygen atoms in total. The fraction of sp³-hybridized carbons (Fsp3) is 0.500. The zero-order valence-electron chi connectivity index (χ0n) is 9.14. The number of rotatable bonds is 6. The predicted octanol–water partition coefficient (Wildman–Crippen LogP) is -1.39. The van der Waals surface area contributed by atoms with Crippen molar-refractivity contribution in [1.82, 2.24) is 20.5 Å². The lowest BCUT2D eigenvalue weighted by atomic mass is 10.2. The number of aliphatic carboxylic acids is 1. The number of carboxylic acid groups (broad SMARTS) is 1. The normalized spacial score (nSPS) is 12.1. The number of nitrogens with one attached hydrogen (secondary N) is 2. The van der Waals surface area contributed by atoms with Gasteiger partial charge < -0.3 is 20.9 Å². The standard InChI is InChI=1S/C8H13N5O4/c1-17-4(2-5(14)15)3-10-7(16)6-11-8(9)13-12-6/h4H,2-3H2,1H3,(H,10,16)(H,14,15)(H3,9,11,12,13). The van der Waals surface area contributed by atoms with Gasteiger partial charge in [-0.25, -0.2) is 0 Å². The van der Waals surface area contributed by atoms with Gasteiger partial charge in [-0.1, -0.05) is 0 Å². The number of carbonyl (C=O) groups excluding carboxylic acids is 1. The van der Waals surface area contributed by atoms with E-state index in [1.807, 2.05) is 0 Å². The van der Waals surface area contributed by atoms with Gasteiger partial charge in [0, 0.05) is 13.7 Å². The maximum absolute atomic E-state index is 11.5. The Labute approximate surface area is 96.4 Å². The van der Waals surface area contributed by atoms with Crippen LogP contribution in [-0.2, 0) is 9.53 Å². The maximum atomic E-state index is 11.5. The third kappa shape index (κ3) is 4.07. The van der Waals surface area contributed by atoms with Crippen molar-refractivity contribution < 1.29 is 19.4 Å².